The summed E-state index contributed by atoms with van der Waals surface area (Å²) in [5.74, 6) is 0. The van der Waals surface area contributed by atoms with Crippen LogP contribution in [0.2, 0.25) is 0 Å². The van der Waals surface area contributed by atoms with Crippen LogP contribution in [0.15, 0.2) is 29.2 Å². The minimum absolute atomic E-state index is 0.284. The summed E-state index contributed by atoms with van der Waals surface area (Å²) in [4.78, 5) is 2.44. The molecule has 0 bridgehead atoms. The van der Waals surface area contributed by atoms with Gasteiger partial charge in [-0.3, -0.25) is 0 Å². The summed E-state index contributed by atoms with van der Waals surface area (Å²) in [6.07, 6.45) is 1.90. The molecule has 0 aliphatic heterocycles. The van der Waals surface area contributed by atoms with E-state index >= 15 is 0 Å². The van der Waals surface area contributed by atoms with Gasteiger partial charge in [0.1, 0.15) is 4.90 Å². The zero-order chi connectivity index (χ0) is 15.9. The van der Waals surface area contributed by atoms with Gasteiger partial charge in [-0.15, -0.1) is 0 Å². The van der Waals surface area contributed by atoms with Crippen LogP contribution in [-0.2, 0) is 10.0 Å². The molecule has 0 fully saturated rings. The molecule has 21 heavy (non-hydrogen) atoms. The Balaban J connectivity index is 3.32. The maximum atomic E-state index is 12.4. The number of nitrogens with one attached hydrogen (secondary N) is 1. The Kier molecular flexibility index (Phi) is 7.14. The molecular formula is C15H27N3O2S. The number of hydrogen-bond acceptors (Lipinski definition) is 4. The van der Waals surface area contributed by atoms with Gasteiger partial charge in [0, 0.05) is 25.7 Å². The highest BCUT2D eigenvalue weighted by molar-refractivity contribution is 7.89. The first-order valence-corrected chi connectivity index (χ1v) is 9.05. The van der Waals surface area contributed by atoms with Crippen LogP contribution in [0.1, 0.15) is 33.6 Å². The van der Waals surface area contributed by atoms with Crippen LogP contribution in [0.4, 0.5) is 5.69 Å². The van der Waals surface area contributed by atoms with E-state index in [9.17, 15) is 8.42 Å². The molecule has 0 atom stereocenters. The Bertz CT molecular complexity index is 527. The third-order valence-corrected chi connectivity index (χ3v) is 5.14. The van der Waals surface area contributed by atoms with Crippen LogP contribution >= 0.6 is 0 Å². The number of anilines is 1. The molecule has 0 radical (unpaired) electrons. The highest BCUT2D eigenvalue weighted by Gasteiger charge is 2.23. The number of hydrogen-bond donors (Lipinski definition) is 2. The van der Waals surface area contributed by atoms with Crippen LogP contribution in [0.5, 0.6) is 0 Å². The molecule has 0 unspecified atom stereocenters. The summed E-state index contributed by atoms with van der Waals surface area (Å²) in [5, 5.41) is 0. The van der Waals surface area contributed by atoms with E-state index in [1.54, 1.807) is 19.1 Å². The normalized spacial score (nSPS) is 11.9. The molecule has 1 aromatic carbocycles. The highest BCUT2D eigenvalue weighted by atomic mass is 32.2. The molecule has 0 spiro atoms. The molecule has 1 aromatic rings. The smallest absolute Gasteiger partial charge is 0.242 e. The summed E-state index contributed by atoms with van der Waals surface area (Å²) >= 11 is 0. The number of sulfonamides is 1. The highest BCUT2D eigenvalue weighted by Crippen LogP contribution is 2.28. The zero-order valence-electron chi connectivity index (χ0n) is 13.2. The number of benzene rings is 1. The van der Waals surface area contributed by atoms with E-state index in [1.807, 2.05) is 12.1 Å². The fourth-order valence-corrected chi connectivity index (χ4v) is 3.81. The monoisotopic (exact) mass is 313 g/mol. The average molecular weight is 313 g/mol. The van der Waals surface area contributed by atoms with Gasteiger partial charge in [0.25, 0.3) is 0 Å². The third kappa shape index (κ3) is 4.43. The second-order valence-corrected chi connectivity index (χ2v) is 6.66. The fraction of sp³-hybridized carbons (Fsp3) is 0.600. The zero-order valence-corrected chi connectivity index (χ0v) is 14.0. The number of nitrogens with two attached hydrogens (primary N) is 1. The maximum Gasteiger partial charge on any atom is 0.242 e. The Labute approximate surface area is 128 Å². The lowest BCUT2D eigenvalue weighted by Crippen LogP contribution is -2.39. The molecule has 120 valence electrons. The van der Waals surface area contributed by atoms with E-state index < -0.39 is 10.0 Å². The number of rotatable bonds is 9. The van der Waals surface area contributed by atoms with Crippen molar-refractivity contribution in [2.45, 2.75) is 44.6 Å². The Morgan fingerprint density at radius 1 is 1.19 bits per heavy atom. The second kappa shape index (κ2) is 8.36. The van der Waals surface area contributed by atoms with Crippen molar-refractivity contribution in [1.29, 1.82) is 0 Å². The summed E-state index contributed by atoms with van der Waals surface area (Å²) in [6, 6.07) is 7.41. The van der Waals surface area contributed by atoms with Gasteiger partial charge in [0.2, 0.25) is 10.0 Å². The lowest BCUT2D eigenvalue weighted by molar-refractivity contribution is 0.552. The van der Waals surface area contributed by atoms with Crippen molar-refractivity contribution in [1.82, 2.24) is 4.72 Å². The van der Waals surface area contributed by atoms with Crippen molar-refractivity contribution < 1.29 is 8.42 Å². The lowest BCUT2D eigenvalue weighted by atomic mass is 10.1. The van der Waals surface area contributed by atoms with E-state index in [-0.39, 0.29) is 6.04 Å². The molecule has 0 heterocycles. The van der Waals surface area contributed by atoms with Gasteiger partial charge < -0.3 is 10.6 Å². The van der Waals surface area contributed by atoms with E-state index in [1.165, 1.54) is 0 Å². The van der Waals surface area contributed by atoms with Gasteiger partial charge in [0.15, 0.2) is 0 Å². The summed E-state index contributed by atoms with van der Waals surface area (Å²) in [7, 11) is -3.49. The quantitative estimate of drug-likeness (QED) is 0.730. The van der Waals surface area contributed by atoms with Gasteiger partial charge >= 0.3 is 0 Å². The fourth-order valence-electron chi connectivity index (χ4n) is 2.56. The van der Waals surface area contributed by atoms with E-state index in [2.05, 4.69) is 23.5 Å². The Morgan fingerprint density at radius 2 is 1.81 bits per heavy atom. The maximum absolute atomic E-state index is 12.4. The van der Waals surface area contributed by atoms with Crippen LogP contribution in [0.3, 0.4) is 0 Å². The second-order valence-electron chi connectivity index (χ2n) is 4.92. The summed E-state index contributed by atoms with van der Waals surface area (Å²) in [6.45, 7) is 7.51. The molecule has 0 aliphatic rings. The van der Waals surface area contributed by atoms with Gasteiger partial charge in [-0.1, -0.05) is 32.9 Å². The SMILES string of the molecule is CCNS(=O)(=O)c1ccccc1N(CCN)C(CC)CC. The lowest BCUT2D eigenvalue weighted by Gasteiger charge is -2.33. The van der Waals surface area contributed by atoms with Gasteiger partial charge in [-0.25, -0.2) is 13.1 Å². The van der Waals surface area contributed by atoms with Crippen LogP contribution < -0.4 is 15.4 Å². The first-order chi connectivity index (χ1) is 10.0. The number of para-hydroxylation sites is 1. The topological polar surface area (TPSA) is 75.4 Å². The van der Waals surface area contributed by atoms with E-state index in [4.69, 9.17) is 5.73 Å². The first kappa shape index (κ1) is 17.9. The molecule has 0 amide bonds. The summed E-state index contributed by atoms with van der Waals surface area (Å²) < 4.78 is 27.3. The number of nitrogens with zero attached hydrogens (tertiary/aromatic N) is 1. The first-order valence-electron chi connectivity index (χ1n) is 7.57. The molecule has 0 saturated heterocycles. The van der Waals surface area contributed by atoms with Gasteiger partial charge in [-0.05, 0) is 25.0 Å². The van der Waals surface area contributed by atoms with Crippen molar-refractivity contribution in [3.05, 3.63) is 24.3 Å². The van der Waals surface area contributed by atoms with E-state index in [0.717, 1.165) is 18.5 Å². The molecule has 0 saturated carbocycles. The van der Waals surface area contributed by atoms with Crippen molar-refractivity contribution in [2.75, 3.05) is 24.5 Å². The van der Waals surface area contributed by atoms with Crippen LogP contribution in [0.25, 0.3) is 0 Å². The van der Waals surface area contributed by atoms with Crippen molar-refractivity contribution in [3.8, 4) is 0 Å². The van der Waals surface area contributed by atoms with Crippen molar-refractivity contribution in [3.63, 3.8) is 0 Å². The van der Waals surface area contributed by atoms with Gasteiger partial charge in [0.05, 0.1) is 5.69 Å². The molecule has 0 aromatic heterocycles. The third-order valence-electron chi connectivity index (χ3n) is 3.55. The Hall–Kier alpha value is -1.11. The van der Waals surface area contributed by atoms with Crippen LogP contribution in [-0.4, -0.2) is 34.1 Å². The molecule has 1 rings (SSSR count). The van der Waals surface area contributed by atoms with Crippen LogP contribution in [0, 0.1) is 0 Å². The van der Waals surface area contributed by atoms with Crippen molar-refractivity contribution >= 4 is 15.7 Å². The molecule has 6 heteroatoms. The van der Waals surface area contributed by atoms with E-state index in [0.29, 0.717) is 24.5 Å². The largest absolute Gasteiger partial charge is 0.366 e. The standard InChI is InChI=1S/C15H27N3O2S/c1-4-13(5-2)18(12-11-16)14-9-7-8-10-15(14)21(19,20)17-6-3/h7-10,13,17H,4-6,11-12,16H2,1-3H3. The average Bonchev–Trinajstić information content (AvgIpc) is 2.47. The predicted octanol–water partition coefficient (Wildman–Crippen LogP) is 1.94. The van der Waals surface area contributed by atoms with Crippen molar-refractivity contribution in [2.24, 2.45) is 5.73 Å². The Morgan fingerprint density at radius 3 is 2.33 bits per heavy atom. The molecule has 0 aliphatic carbocycles. The minimum atomic E-state index is -3.49. The predicted molar refractivity (Wildman–Crippen MR) is 88.1 cm³/mol. The van der Waals surface area contributed by atoms with Gasteiger partial charge in [-0.2, -0.15) is 0 Å². The molecular weight excluding hydrogens is 286 g/mol. The molecule has 3 N–H and O–H groups in total. The molecule has 5 nitrogen and oxygen atoms in total. The minimum Gasteiger partial charge on any atom is -0.366 e. The summed E-state index contributed by atoms with van der Waals surface area (Å²) in [5.41, 5.74) is 6.46.